The van der Waals surface area contributed by atoms with Crippen molar-refractivity contribution in [2.75, 3.05) is 0 Å². The highest BCUT2D eigenvalue weighted by Gasteiger charge is 2.40. The zero-order valence-electron chi connectivity index (χ0n) is 17.6. The molecule has 2 aromatic heterocycles. The first kappa shape index (κ1) is 23.5. The maximum absolute atomic E-state index is 14.6. The molecule has 0 saturated heterocycles. The molecule has 0 spiro atoms. The maximum Gasteiger partial charge on any atom is 0.171 e. The van der Waals surface area contributed by atoms with Gasteiger partial charge < -0.3 is 14.4 Å². The number of rotatable bonds is 8. The minimum Gasteiger partial charge on any atom is -0.380 e. The highest BCUT2D eigenvalue weighted by Crippen LogP contribution is 2.33. The number of nitrogens with zero attached hydrogens (tertiary/aromatic N) is 4. The highest BCUT2D eigenvalue weighted by atomic mass is 19.2. The smallest absolute Gasteiger partial charge is 0.171 e. The number of halogens is 5. The second-order valence-corrected chi connectivity index (χ2v) is 7.49. The molecule has 0 radical (unpaired) electrons. The molecular weight excluding hydrogens is 463 g/mol. The number of aromatic nitrogens is 4. The van der Waals surface area contributed by atoms with E-state index in [4.69, 9.17) is 9.26 Å². The molecule has 0 aliphatic heterocycles. The fraction of sp³-hybridized carbons (Fsp3) is 0.227. The Balaban J connectivity index is 1.57. The lowest BCUT2D eigenvalue weighted by atomic mass is 9.88. The molecule has 0 bridgehead atoms. The van der Waals surface area contributed by atoms with Crippen molar-refractivity contribution in [1.29, 1.82) is 0 Å². The van der Waals surface area contributed by atoms with Crippen molar-refractivity contribution in [1.82, 2.24) is 19.9 Å². The molecule has 4 aromatic rings. The Morgan fingerprint density at radius 1 is 1.06 bits per heavy atom. The number of benzene rings is 2. The number of aliphatic hydroxyl groups is 1. The second-order valence-electron chi connectivity index (χ2n) is 7.49. The van der Waals surface area contributed by atoms with Crippen LogP contribution < -0.4 is 0 Å². The zero-order valence-corrected chi connectivity index (χ0v) is 17.6. The average molecular weight is 480 g/mol. The van der Waals surface area contributed by atoms with Crippen LogP contribution in [0.5, 0.6) is 0 Å². The van der Waals surface area contributed by atoms with Gasteiger partial charge in [0.1, 0.15) is 48.0 Å². The first-order valence-electron chi connectivity index (χ1n) is 9.90. The topological polar surface area (TPSA) is 86.2 Å². The zero-order chi connectivity index (χ0) is 24.5. The normalized spacial score (nSPS) is 14.2. The van der Waals surface area contributed by atoms with E-state index in [1.807, 2.05) is 0 Å². The average Bonchev–Trinajstić information content (AvgIpc) is 3.47. The quantitative estimate of drug-likeness (QED) is 0.302. The third-order valence-corrected chi connectivity index (χ3v) is 5.27. The van der Waals surface area contributed by atoms with Crippen LogP contribution in [-0.2, 0) is 23.5 Å². The van der Waals surface area contributed by atoms with Crippen molar-refractivity contribution in [3.05, 3.63) is 89.5 Å². The van der Waals surface area contributed by atoms with Crippen LogP contribution in [0.25, 0.3) is 11.3 Å². The van der Waals surface area contributed by atoms with Crippen molar-refractivity contribution in [2.24, 2.45) is 0 Å². The fourth-order valence-electron chi connectivity index (χ4n) is 3.44. The summed E-state index contributed by atoms with van der Waals surface area (Å²) in [5.74, 6) is -5.57. The summed E-state index contributed by atoms with van der Waals surface area (Å²) < 4.78 is 81.4. The molecular formula is C22H17F5N4O3. The largest absolute Gasteiger partial charge is 0.380 e. The Morgan fingerprint density at radius 2 is 1.82 bits per heavy atom. The van der Waals surface area contributed by atoms with Crippen LogP contribution in [-0.4, -0.2) is 31.1 Å². The van der Waals surface area contributed by atoms with E-state index in [1.54, 1.807) is 0 Å². The number of hydrogen-bond acceptors (Lipinski definition) is 6. The highest BCUT2D eigenvalue weighted by molar-refractivity contribution is 5.60. The molecule has 0 amide bonds. The monoisotopic (exact) mass is 480 g/mol. The van der Waals surface area contributed by atoms with Gasteiger partial charge in [0.05, 0.1) is 18.2 Å². The van der Waals surface area contributed by atoms with Crippen molar-refractivity contribution in [2.45, 2.75) is 31.8 Å². The van der Waals surface area contributed by atoms with E-state index in [0.29, 0.717) is 12.1 Å². The maximum atomic E-state index is 14.6. The Bertz CT molecular complexity index is 1300. The van der Waals surface area contributed by atoms with Crippen LogP contribution in [0.3, 0.4) is 0 Å². The van der Waals surface area contributed by atoms with Crippen LogP contribution >= 0.6 is 0 Å². The molecule has 2 heterocycles. The van der Waals surface area contributed by atoms with Gasteiger partial charge in [0, 0.05) is 17.7 Å². The van der Waals surface area contributed by atoms with Gasteiger partial charge in [-0.25, -0.2) is 31.6 Å². The van der Waals surface area contributed by atoms with E-state index < -0.39 is 46.4 Å². The predicted octanol–water partition coefficient (Wildman–Crippen LogP) is 4.12. The van der Waals surface area contributed by atoms with Gasteiger partial charge in [-0.15, -0.1) is 0 Å². The van der Waals surface area contributed by atoms with Crippen molar-refractivity contribution in [3.8, 4) is 11.3 Å². The van der Waals surface area contributed by atoms with Crippen LogP contribution in [0.15, 0.2) is 53.6 Å². The van der Waals surface area contributed by atoms with Gasteiger partial charge in [-0.1, -0.05) is 11.2 Å². The van der Waals surface area contributed by atoms with Crippen LogP contribution in [0, 0.1) is 29.1 Å². The van der Waals surface area contributed by atoms with Crippen molar-refractivity contribution in [3.63, 3.8) is 0 Å². The van der Waals surface area contributed by atoms with Crippen molar-refractivity contribution < 1.29 is 36.3 Å². The standard InChI is InChI=1S/C22H17F5N4O3/c1-12(22(32,9-31-11-28-10-29-31)15-3-2-13(23)6-18(15)26)33-8-14-7-19(30-34-14)20-16(24)4-5-17(25)21(20)27/h2-7,10-12,32H,8-9H2,1H3/t12-,22-/m1/s1. The molecule has 2 aromatic carbocycles. The lowest BCUT2D eigenvalue weighted by Crippen LogP contribution is -2.44. The molecule has 7 nitrogen and oxygen atoms in total. The van der Waals surface area contributed by atoms with Gasteiger partial charge in [0.2, 0.25) is 0 Å². The SMILES string of the molecule is C[C@@H](OCc1cc(-c2c(F)ccc(F)c2F)no1)[C@](O)(Cn1cncn1)c1ccc(F)cc1F. The number of hydrogen-bond donors (Lipinski definition) is 1. The molecule has 12 heteroatoms. The van der Waals surface area contributed by atoms with Gasteiger partial charge in [0.25, 0.3) is 0 Å². The summed E-state index contributed by atoms with van der Waals surface area (Å²) in [6.07, 6.45) is 1.38. The molecule has 0 unspecified atom stereocenters. The summed E-state index contributed by atoms with van der Waals surface area (Å²) in [6.45, 7) is 0.788. The lowest BCUT2D eigenvalue weighted by molar-refractivity contribution is -0.126. The summed E-state index contributed by atoms with van der Waals surface area (Å²) >= 11 is 0. The van der Waals surface area contributed by atoms with Crippen molar-refractivity contribution >= 4 is 0 Å². The lowest BCUT2D eigenvalue weighted by Gasteiger charge is -2.34. The van der Waals surface area contributed by atoms with E-state index >= 15 is 0 Å². The van der Waals surface area contributed by atoms with E-state index in [9.17, 15) is 27.1 Å². The Labute approximate surface area is 189 Å². The van der Waals surface area contributed by atoms with Gasteiger partial charge in [-0.3, -0.25) is 0 Å². The molecule has 178 valence electrons. The van der Waals surface area contributed by atoms with E-state index in [2.05, 4.69) is 15.2 Å². The van der Waals surface area contributed by atoms with Crippen LogP contribution in [0.1, 0.15) is 18.2 Å². The summed E-state index contributed by atoms with van der Waals surface area (Å²) in [7, 11) is 0. The molecule has 1 N–H and O–H groups in total. The van der Waals surface area contributed by atoms with Gasteiger partial charge in [0.15, 0.2) is 17.4 Å². The van der Waals surface area contributed by atoms with E-state index in [0.717, 1.165) is 24.3 Å². The molecule has 34 heavy (non-hydrogen) atoms. The molecule has 0 aliphatic carbocycles. The minimum atomic E-state index is -2.03. The van der Waals surface area contributed by atoms with Gasteiger partial charge >= 0.3 is 0 Å². The molecule has 0 fully saturated rings. The summed E-state index contributed by atoms with van der Waals surface area (Å²) in [6, 6.07) is 5.24. The number of ether oxygens (including phenoxy) is 1. The fourth-order valence-corrected chi connectivity index (χ4v) is 3.44. The minimum absolute atomic E-state index is 0.00686. The Hall–Kier alpha value is -3.64. The predicted molar refractivity (Wildman–Crippen MR) is 106 cm³/mol. The van der Waals surface area contributed by atoms with Crippen LogP contribution in [0.4, 0.5) is 22.0 Å². The van der Waals surface area contributed by atoms with E-state index in [-0.39, 0.29) is 30.2 Å². The third kappa shape index (κ3) is 4.54. The summed E-state index contributed by atoms with van der Waals surface area (Å²) in [5.41, 5.74) is -3.30. The first-order valence-corrected chi connectivity index (χ1v) is 9.90. The molecule has 4 rings (SSSR count). The molecule has 0 aliphatic rings. The molecule has 0 saturated carbocycles. The summed E-state index contributed by atoms with van der Waals surface area (Å²) in [4.78, 5) is 3.78. The Kier molecular flexibility index (Phi) is 6.44. The van der Waals surface area contributed by atoms with Crippen LogP contribution in [0.2, 0.25) is 0 Å². The summed E-state index contributed by atoms with van der Waals surface area (Å²) in [5, 5.41) is 18.8. The van der Waals surface area contributed by atoms with Gasteiger partial charge in [-0.2, -0.15) is 5.10 Å². The molecule has 2 atom stereocenters. The van der Waals surface area contributed by atoms with Gasteiger partial charge in [-0.05, 0) is 25.1 Å². The second kappa shape index (κ2) is 9.31. The van der Waals surface area contributed by atoms with E-state index in [1.165, 1.54) is 24.3 Å². The third-order valence-electron chi connectivity index (χ3n) is 5.27. The Morgan fingerprint density at radius 3 is 2.53 bits per heavy atom. The first-order chi connectivity index (χ1) is 16.2.